The number of hydrogen-bond donors (Lipinski definition) is 1. The van der Waals surface area contributed by atoms with Crippen molar-refractivity contribution in [1.82, 2.24) is 4.72 Å². The van der Waals surface area contributed by atoms with Gasteiger partial charge in [0.15, 0.2) is 6.10 Å². The lowest BCUT2D eigenvalue weighted by molar-refractivity contribution is 0.0385. The van der Waals surface area contributed by atoms with Crippen molar-refractivity contribution in [3.8, 4) is 11.1 Å². The Labute approximate surface area is 157 Å². The normalized spacial score (nSPS) is 13.1. The van der Waals surface area contributed by atoms with Gasteiger partial charge in [-0.1, -0.05) is 54.6 Å². The number of esters is 1. The Hall–Kier alpha value is -2.96. The molecule has 3 aromatic carbocycles. The number of ether oxygens (including phenoxy) is 1. The highest BCUT2D eigenvalue weighted by Crippen LogP contribution is 2.45. The van der Waals surface area contributed by atoms with Crippen LogP contribution in [0.5, 0.6) is 0 Å². The minimum Gasteiger partial charge on any atom is -0.449 e. The molecule has 0 atom stereocenters. The Morgan fingerprint density at radius 3 is 2.07 bits per heavy atom. The fourth-order valence-electron chi connectivity index (χ4n) is 3.32. The summed E-state index contributed by atoms with van der Waals surface area (Å²) in [6, 6.07) is 21.4. The van der Waals surface area contributed by atoms with Crippen molar-refractivity contribution < 1.29 is 17.9 Å². The summed E-state index contributed by atoms with van der Waals surface area (Å²) in [5.41, 5.74) is 4.11. The van der Waals surface area contributed by atoms with Crippen LogP contribution in [0.3, 0.4) is 0 Å². The number of benzene rings is 3. The Morgan fingerprint density at radius 2 is 1.48 bits per heavy atom. The van der Waals surface area contributed by atoms with E-state index in [-0.39, 0.29) is 10.5 Å². The molecule has 0 bridgehead atoms. The molecule has 0 saturated heterocycles. The largest absolute Gasteiger partial charge is 0.449 e. The van der Waals surface area contributed by atoms with Crippen molar-refractivity contribution in [3.05, 3.63) is 89.5 Å². The van der Waals surface area contributed by atoms with Gasteiger partial charge in [0.2, 0.25) is 10.0 Å². The number of nitrogens with one attached hydrogen (secondary N) is 1. The van der Waals surface area contributed by atoms with Gasteiger partial charge in [0.25, 0.3) is 0 Å². The van der Waals surface area contributed by atoms with E-state index in [1.807, 2.05) is 48.5 Å². The van der Waals surface area contributed by atoms with Crippen LogP contribution in [0.25, 0.3) is 11.1 Å². The van der Waals surface area contributed by atoms with Gasteiger partial charge in [0.1, 0.15) is 0 Å². The number of rotatable bonds is 4. The maximum Gasteiger partial charge on any atom is 0.339 e. The predicted molar refractivity (Wildman–Crippen MR) is 102 cm³/mol. The molecule has 27 heavy (non-hydrogen) atoms. The van der Waals surface area contributed by atoms with Crippen molar-refractivity contribution in [2.24, 2.45) is 0 Å². The quantitative estimate of drug-likeness (QED) is 0.704. The molecule has 1 aliphatic carbocycles. The van der Waals surface area contributed by atoms with E-state index in [2.05, 4.69) is 4.72 Å². The number of sulfonamides is 1. The lowest BCUT2D eigenvalue weighted by Gasteiger charge is -2.15. The fourth-order valence-corrected chi connectivity index (χ4v) is 4.10. The van der Waals surface area contributed by atoms with E-state index in [1.54, 1.807) is 6.07 Å². The van der Waals surface area contributed by atoms with Crippen LogP contribution in [0.1, 0.15) is 27.6 Å². The molecule has 1 N–H and O–H groups in total. The van der Waals surface area contributed by atoms with E-state index in [1.165, 1.54) is 25.2 Å². The summed E-state index contributed by atoms with van der Waals surface area (Å²) in [5, 5.41) is 0. The van der Waals surface area contributed by atoms with Gasteiger partial charge in [-0.3, -0.25) is 0 Å². The lowest BCUT2D eigenvalue weighted by Crippen LogP contribution is -2.19. The van der Waals surface area contributed by atoms with E-state index < -0.39 is 22.1 Å². The molecule has 0 aromatic heterocycles. The van der Waals surface area contributed by atoms with E-state index >= 15 is 0 Å². The van der Waals surface area contributed by atoms with Crippen LogP contribution in [-0.2, 0) is 14.8 Å². The van der Waals surface area contributed by atoms with Crippen molar-refractivity contribution in [2.45, 2.75) is 11.0 Å². The molecule has 3 aromatic rings. The molecular weight excluding hydrogens is 362 g/mol. The first-order valence-corrected chi connectivity index (χ1v) is 9.92. The van der Waals surface area contributed by atoms with Crippen molar-refractivity contribution >= 4 is 16.0 Å². The highest BCUT2D eigenvalue weighted by Gasteiger charge is 2.31. The Balaban J connectivity index is 1.69. The van der Waals surface area contributed by atoms with Crippen LogP contribution in [0.15, 0.2) is 77.7 Å². The van der Waals surface area contributed by atoms with E-state index in [4.69, 9.17) is 4.74 Å². The average Bonchev–Trinajstić information content (AvgIpc) is 3.02. The van der Waals surface area contributed by atoms with Crippen molar-refractivity contribution in [2.75, 3.05) is 7.05 Å². The number of carbonyl (C=O) groups excluding carboxylic acids is 1. The Morgan fingerprint density at radius 1 is 0.889 bits per heavy atom. The molecule has 0 heterocycles. The third-order valence-corrected chi connectivity index (χ3v) is 6.06. The van der Waals surface area contributed by atoms with Crippen LogP contribution in [0.2, 0.25) is 0 Å². The van der Waals surface area contributed by atoms with Gasteiger partial charge in [0, 0.05) is 11.1 Å². The third-order valence-electron chi connectivity index (χ3n) is 4.65. The third kappa shape index (κ3) is 3.03. The molecule has 0 unspecified atom stereocenters. The van der Waals surface area contributed by atoms with Crippen LogP contribution in [0.4, 0.5) is 0 Å². The summed E-state index contributed by atoms with van der Waals surface area (Å²) in [5.74, 6) is -0.570. The molecule has 0 fully saturated rings. The lowest BCUT2D eigenvalue weighted by atomic mass is 10.1. The van der Waals surface area contributed by atoms with Crippen LogP contribution in [-0.4, -0.2) is 21.4 Å². The summed E-state index contributed by atoms with van der Waals surface area (Å²) >= 11 is 0. The standard InChI is InChI=1S/C21H17NO4S/c1-22-27(24,25)15-8-6-7-14(13-15)21(23)26-20-18-11-4-2-9-16(18)17-10-3-5-12-19(17)20/h2-13,20,22H,1H3. The van der Waals surface area contributed by atoms with Gasteiger partial charge < -0.3 is 4.74 Å². The second-order valence-electron chi connectivity index (χ2n) is 6.20. The van der Waals surface area contributed by atoms with Crippen LogP contribution in [0, 0.1) is 0 Å². The molecule has 136 valence electrons. The van der Waals surface area contributed by atoms with E-state index in [0.29, 0.717) is 0 Å². The summed E-state index contributed by atoms with van der Waals surface area (Å²) in [4.78, 5) is 12.8. The SMILES string of the molecule is CNS(=O)(=O)c1cccc(C(=O)OC2c3ccccc3-c3ccccc32)c1. The highest BCUT2D eigenvalue weighted by atomic mass is 32.2. The van der Waals surface area contributed by atoms with Gasteiger partial charge in [-0.05, 0) is 36.4 Å². The second kappa shape index (κ2) is 6.64. The zero-order valence-corrected chi connectivity index (χ0v) is 15.4. The zero-order valence-electron chi connectivity index (χ0n) is 14.5. The number of fused-ring (bicyclic) bond motifs is 3. The monoisotopic (exact) mass is 379 g/mol. The molecule has 6 heteroatoms. The molecule has 4 rings (SSSR count). The summed E-state index contributed by atoms with van der Waals surface area (Å²) in [6.45, 7) is 0. The average molecular weight is 379 g/mol. The van der Waals surface area contributed by atoms with Gasteiger partial charge in [-0.2, -0.15) is 0 Å². The highest BCUT2D eigenvalue weighted by molar-refractivity contribution is 7.89. The van der Waals surface area contributed by atoms with Crippen molar-refractivity contribution in [1.29, 1.82) is 0 Å². The molecule has 1 aliphatic rings. The van der Waals surface area contributed by atoms with Crippen molar-refractivity contribution in [3.63, 3.8) is 0 Å². The number of carbonyl (C=O) groups is 1. The summed E-state index contributed by atoms with van der Waals surface area (Å²) in [7, 11) is -2.31. The maximum atomic E-state index is 12.8. The van der Waals surface area contributed by atoms with Gasteiger partial charge >= 0.3 is 5.97 Å². The molecular formula is C21H17NO4S. The minimum atomic E-state index is -3.64. The summed E-state index contributed by atoms with van der Waals surface area (Å²) < 4.78 is 32.0. The van der Waals surface area contributed by atoms with Gasteiger partial charge in [-0.15, -0.1) is 0 Å². The molecule has 0 aliphatic heterocycles. The molecule has 0 saturated carbocycles. The molecule has 0 spiro atoms. The predicted octanol–water partition coefficient (Wildman–Crippen LogP) is 3.52. The molecule has 0 amide bonds. The second-order valence-corrected chi connectivity index (χ2v) is 8.08. The van der Waals surface area contributed by atoms with Gasteiger partial charge in [0.05, 0.1) is 10.5 Å². The first-order chi connectivity index (χ1) is 13.0. The number of hydrogen-bond acceptors (Lipinski definition) is 4. The van der Waals surface area contributed by atoms with E-state index in [0.717, 1.165) is 22.3 Å². The molecule has 5 nitrogen and oxygen atoms in total. The Kier molecular flexibility index (Phi) is 4.30. The fraction of sp³-hybridized carbons (Fsp3) is 0.0952. The first kappa shape index (κ1) is 17.5. The molecule has 0 radical (unpaired) electrons. The zero-order chi connectivity index (χ0) is 19.0. The van der Waals surface area contributed by atoms with Crippen LogP contribution < -0.4 is 4.72 Å². The first-order valence-electron chi connectivity index (χ1n) is 8.44. The smallest absolute Gasteiger partial charge is 0.339 e. The van der Waals surface area contributed by atoms with Gasteiger partial charge in [-0.25, -0.2) is 17.9 Å². The van der Waals surface area contributed by atoms with E-state index in [9.17, 15) is 13.2 Å². The topological polar surface area (TPSA) is 72.5 Å². The maximum absolute atomic E-state index is 12.8. The van der Waals surface area contributed by atoms with Crippen LogP contribution >= 0.6 is 0 Å². The Bertz CT molecular complexity index is 1090. The minimum absolute atomic E-state index is 0.0201. The summed E-state index contributed by atoms with van der Waals surface area (Å²) in [6.07, 6.45) is -0.519.